The first-order valence-corrected chi connectivity index (χ1v) is 6.75. The molecule has 0 N–H and O–H groups in total. The van der Waals surface area contributed by atoms with Crippen LogP contribution in [0.1, 0.15) is 13.8 Å². The van der Waals surface area contributed by atoms with Crippen molar-refractivity contribution in [2.75, 3.05) is 13.1 Å². The van der Waals surface area contributed by atoms with E-state index < -0.39 is 13.0 Å². The first-order valence-electron chi connectivity index (χ1n) is 4.89. The van der Waals surface area contributed by atoms with E-state index in [1.807, 2.05) is 0 Å². The fourth-order valence-electron chi connectivity index (χ4n) is 1.51. The summed E-state index contributed by atoms with van der Waals surface area (Å²) in [7, 11) is -6.35. The second kappa shape index (κ2) is 4.11. The summed E-state index contributed by atoms with van der Waals surface area (Å²) in [5, 5.41) is -0.493. The SMILES string of the molecule is CCN(CC)P(F)(F)(F)c1ccccc1. The van der Waals surface area contributed by atoms with Gasteiger partial charge >= 0.3 is 87.5 Å². The Labute approximate surface area is 88.2 Å². The van der Waals surface area contributed by atoms with Gasteiger partial charge in [0.05, 0.1) is 0 Å². The second-order valence-corrected chi connectivity index (χ2v) is 5.87. The molecule has 0 atom stereocenters. The van der Waals surface area contributed by atoms with E-state index in [1.54, 1.807) is 6.07 Å². The van der Waals surface area contributed by atoms with E-state index in [9.17, 15) is 12.6 Å². The predicted octanol–water partition coefficient (Wildman–Crippen LogP) is 3.78. The Morgan fingerprint density at radius 3 is 1.87 bits per heavy atom. The van der Waals surface area contributed by atoms with Gasteiger partial charge in [0.2, 0.25) is 0 Å². The molecule has 5 heteroatoms. The predicted molar refractivity (Wildman–Crippen MR) is 59.2 cm³/mol. The molecular weight excluding hydrogens is 222 g/mol. The van der Waals surface area contributed by atoms with Gasteiger partial charge in [-0.25, -0.2) is 0 Å². The van der Waals surface area contributed by atoms with Gasteiger partial charge in [0, 0.05) is 0 Å². The first-order chi connectivity index (χ1) is 6.91. The van der Waals surface area contributed by atoms with E-state index in [4.69, 9.17) is 0 Å². The van der Waals surface area contributed by atoms with Crippen LogP contribution in [0.25, 0.3) is 0 Å². The molecular formula is C10H15F3NP. The van der Waals surface area contributed by atoms with Crippen LogP contribution in [0.2, 0.25) is 0 Å². The van der Waals surface area contributed by atoms with E-state index in [2.05, 4.69) is 0 Å². The average Bonchev–Trinajstić information content (AvgIpc) is 2.19. The Kier molecular flexibility index (Phi) is 3.41. The number of benzene rings is 1. The van der Waals surface area contributed by atoms with Crippen LogP contribution in [0, 0.1) is 0 Å². The van der Waals surface area contributed by atoms with Crippen molar-refractivity contribution in [1.29, 1.82) is 0 Å². The third-order valence-electron chi connectivity index (χ3n) is 2.36. The molecule has 0 spiro atoms. The maximum absolute atomic E-state index is 13.9. The molecule has 1 nitrogen and oxygen atoms in total. The van der Waals surface area contributed by atoms with Crippen LogP contribution in [0.3, 0.4) is 0 Å². The molecule has 0 bridgehead atoms. The molecule has 1 rings (SSSR count). The summed E-state index contributed by atoms with van der Waals surface area (Å²) in [6, 6.07) is 6.75. The molecule has 0 heterocycles. The fraction of sp³-hybridized carbons (Fsp3) is 0.400. The third kappa shape index (κ3) is 2.32. The molecule has 0 unspecified atom stereocenters. The van der Waals surface area contributed by atoms with Gasteiger partial charge in [-0.1, -0.05) is 0 Å². The minimum atomic E-state index is -6.35. The molecule has 0 aliphatic rings. The normalized spacial score (nSPS) is 14.9. The number of hydrogen-bond acceptors (Lipinski definition) is 1. The Balaban J connectivity index is 3.18. The number of halogens is 3. The number of nitrogens with zero attached hydrogens (tertiary/aromatic N) is 1. The standard InChI is InChI=1S/C10H15F3NP/c1-3-14(4-2)15(11,12,13)10-8-6-5-7-9-10/h5-9H,3-4H2,1-2H3. The van der Waals surface area contributed by atoms with Crippen molar-refractivity contribution in [3.05, 3.63) is 30.3 Å². The van der Waals surface area contributed by atoms with E-state index in [1.165, 1.54) is 26.0 Å². The monoisotopic (exact) mass is 237 g/mol. The zero-order valence-corrected chi connectivity index (χ0v) is 9.72. The molecule has 1 aromatic carbocycles. The Morgan fingerprint density at radius 2 is 1.47 bits per heavy atom. The minimum absolute atomic E-state index is 0.00666. The van der Waals surface area contributed by atoms with Crippen molar-refractivity contribution in [2.45, 2.75) is 13.8 Å². The zero-order chi connectivity index (χ0) is 11.6. The number of rotatable bonds is 4. The van der Waals surface area contributed by atoms with Crippen LogP contribution >= 0.6 is 7.69 Å². The van der Waals surface area contributed by atoms with Crippen LogP contribution in [-0.2, 0) is 0 Å². The summed E-state index contributed by atoms with van der Waals surface area (Å²) in [4.78, 5) is 0. The summed E-state index contributed by atoms with van der Waals surface area (Å²) in [5.74, 6) is 0. The first kappa shape index (κ1) is 12.5. The van der Waals surface area contributed by atoms with E-state index >= 15 is 0 Å². The van der Waals surface area contributed by atoms with Crippen LogP contribution in [0.4, 0.5) is 12.6 Å². The second-order valence-electron chi connectivity index (χ2n) is 3.25. The summed E-state index contributed by atoms with van der Waals surface area (Å²) in [5.41, 5.74) is 0. The summed E-state index contributed by atoms with van der Waals surface area (Å²) < 4.78 is 42.3. The Morgan fingerprint density at radius 1 is 1.00 bits per heavy atom. The quantitative estimate of drug-likeness (QED) is 0.720. The average molecular weight is 237 g/mol. The Hall–Kier alpha value is -0.600. The summed E-state index contributed by atoms with van der Waals surface area (Å²) in [6.45, 7) is 3.08. The molecule has 0 saturated carbocycles. The van der Waals surface area contributed by atoms with Crippen LogP contribution in [0.5, 0.6) is 0 Å². The molecule has 0 radical (unpaired) electrons. The van der Waals surface area contributed by atoms with Gasteiger partial charge in [-0.15, -0.1) is 0 Å². The fourth-order valence-corrected chi connectivity index (χ4v) is 3.41. The molecule has 0 aromatic heterocycles. The van der Waals surface area contributed by atoms with Crippen molar-refractivity contribution < 1.29 is 12.6 Å². The molecule has 1 aromatic rings. The van der Waals surface area contributed by atoms with Gasteiger partial charge in [0.15, 0.2) is 0 Å². The molecule has 0 fully saturated rings. The van der Waals surface area contributed by atoms with E-state index in [0.717, 1.165) is 12.1 Å². The van der Waals surface area contributed by atoms with Crippen molar-refractivity contribution in [1.82, 2.24) is 4.67 Å². The third-order valence-corrected chi connectivity index (χ3v) is 4.96. The van der Waals surface area contributed by atoms with Crippen molar-refractivity contribution in [3.63, 3.8) is 0 Å². The van der Waals surface area contributed by atoms with Gasteiger partial charge in [-0.05, 0) is 0 Å². The summed E-state index contributed by atoms with van der Waals surface area (Å²) in [6.07, 6.45) is 0. The van der Waals surface area contributed by atoms with Crippen molar-refractivity contribution in [2.24, 2.45) is 0 Å². The molecule has 0 aliphatic heterocycles. The maximum atomic E-state index is 13.9. The van der Waals surface area contributed by atoms with Crippen molar-refractivity contribution in [3.8, 4) is 0 Å². The Bertz CT molecular complexity index is 316. The van der Waals surface area contributed by atoms with Gasteiger partial charge in [-0.3, -0.25) is 0 Å². The van der Waals surface area contributed by atoms with Gasteiger partial charge in [-0.2, -0.15) is 0 Å². The van der Waals surface area contributed by atoms with Crippen LogP contribution < -0.4 is 5.30 Å². The van der Waals surface area contributed by atoms with Gasteiger partial charge < -0.3 is 0 Å². The summed E-state index contributed by atoms with van der Waals surface area (Å²) >= 11 is 0. The molecule has 0 amide bonds. The topological polar surface area (TPSA) is 3.24 Å². The van der Waals surface area contributed by atoms with Crippen molar-refractivity contribution >= 4 is 13.0 Å². The molecule has 0 aliphatic carbocycles. The molecule has 0 saturated heterocycles. The van der Waals surface area contributed by atoms with Crippen LogP contribution in [-0.4, -0.2) is 17.8 Å². The van der Waals surface area contributed by atoms with E-state index in [-0.39, 0.29) is 13.1 Å². The molecule has 15 heavy (non-hydrogen) atoms. The van der Waals surface area contributed by atoms with Gasteiger partial charge in [0.25, 0.3) is 0 Å². The zero-order valence-electron chi connectivity index (χ0n) is 8.83. The van der Waals surface area contributed by atoms with Gasteiger partial charge in [0.1, 0.15) is 0 Å². The van der Waals surface area contributed by atoms with E-state index in [0.29, 0.717) is 4.67 Å². The number of hydrogen-bond donors (Lipinski definition) is 0. The molecule has 86 valence electrons. The van der Waals surface area contributed by atoms with Crippen LogP contribution in [0.15, 0.2) is 30.3 Å².